The molecule has 6 nitrogen and oxygen atoms in total. The van der Waals surface area contributed by atoms with Crippen molar-refractivity contribution in [3.63, 3.8) is 0 Å². The summed E-state index contributed by atoms with van der Waals surface area (Å²) in [5.74, 6) is -0.604. The monoisotopic (exact) mass is 407 g/mol. The predicted octanol–water partition coefficient (Wildman–Crippen LogP) is 3.57. The van der Waals surface area contributed by atoms with E-state index >= 15 is 0 Å². The van der Waals surface area contributed by atoms with E-state index in [2.05, 4.69) is 10.2 Å². The lowest BCUT2D eigenvalue weighted by atomic mass is 10.2. The Labute approximate surface area is 172 Å². The number of carbonyl (C=O) groups excluding carboxylic acids is 1. The van der Waals surface area contributed by atoms with Crippen molar-refractivity contribution < 1.29 is 9.18 Å². The molecule has 146 valence electrons. The molecule has 2 aromatic carbocycles. The summed E-state index contributed by atoms with van der Waals surface area (Å²) in [6.07, 6.45) is 1.40. The number of nitrogens with zero attached hydrogens (tertiary/aromatic N) is 4. The number of thioether (sulfide) groups is 1. The predicted molar refractivity (Wildman–Crippen MR) is 110 cm³/mol. The molecule has 29 heavy (non-hydrogen) atoms. The average molecular weight is 407 g/mol. The second kappa shape index (κ2) is 9.63. The third kappa shape index (κ3) is 5.28. The van der Waals surface area contributed by atoms with E-state index in [1.807, 2.05) is 11.5 Å². The molecule has 1 fully saturated rings. The van der Waals surface area contributed by atoms with Crippen LogP contribution in [0, 0.1) is 27.8 Å². The zero-order valence-electron chi connectivity index (χ0n) is 15.5. The number of nitriles is 2. The number of hydrogen-bond acceptors (Lipinski definition) is 6. The number of piperazine rings is 1. The molecule has 0 bridgehead atoms. The van der Waals surface area contributed by atoms with Gasteiger partial charge < -0.3 is 15.1 Å². The van der Waals surface area contributed by atoms with Crippen LogP contribution in [-0.2, 0) is 4.79 Å². The third-order valence-electron chi connectivity index (χ3n) is 4.51. The SMILES string of the molecule is N#CSc1ccc(N/C=C(/C#N)C(=O)N2CCN(c3ccc(F)cc3)CC2)cc1. The molecule has 0 saturated carbocycles. The van der Waals surface area contributed by atoms with Crippen LogP contribution in [0.15, 0.2) is 65.2 Å². The van der Waals surface area contributed by atoms with Gasteiger partial charge in [-0.1, -0.05) is 0 Å². The quantitative estimate of drug-likeness (QED) is 0.353. The summed E-state index contributed by atoms with van der Waals surface area (Å²) in [6, 6.07) is 15.3. The van der Waals surface area contributed by atoms with Gasteiger partial charge in [-0.3, -0.25) is 4.79 Å². The van der Waals surface area contributed by atoms with Gasteiger partial charge in [-0.15, -0.1) is 0 Å². The number of benzene rings is 2. The first-order chi connectivity index (χ1) is 14.1. The van der Waals surface area contributed by atoms with Gasteiger partial charge in [-0.2, -0.15) is 10.5 Å². The maximum Gasteiger partial charge on any atom is 0.266 e. The summed E-state index contributed by atoms with van der Waals surface area (Å²) < 4.78 is 13.1. The molecule has 0 spiro atoms. The highest BCUT2D eigenvalue weighted by molar-refractivity contribution is 8.03. The number of nitrogens with one attached hydrogen (secondary N) is 1. The zero-order chi connectivity index (χ0) is 20.6. The first-order valence-corrected chi connectivity index (χ1v) is 9.75. The van der Waals surface area contributed by atoms with Crippen molar-refractivity contribution in [2.75, 3.05) is 36.4 Å². The van der Waals surface area contributed by atoms with E-state index < -0.39 is 0 Å². The summed E-state index contributed by atoms with van der Waals surface area (Å²) in [4.78, 5) is 17.2. The standard InChI is InChI=1S/C21H18FN5OS/c22-17-1-5-19(6-2-17)26-9-11-27(12-10-26)21(28)16(13-23)14-25-18-3-7-20(8-4-18)29-15-24/h1-8,14,25H,9-12H2/b16-14-. The zero-order valence-corrected chi connectivity index (χ0v) is 16.3. The Kier molecular flexibility index (Phi) is 6.72. The number of carbonyl (C=O) groups is 1. The van der Waals surface area contributed by atoms with Crippen molar-refractivity contribution in [2.24, 2.45) is 0 Å². The first-order valence-electron chi connectivity index (χ1n) is 8.93. The van der Waals surface area contributed by atoms with Crippen molar-refractivity contribution in [3.05, 3.63) is 66.1 Å². The molecule has 0 aliphatic carbocycles. The molecule has 8 heteroatoms. The molecule has 1 saturated heterocycles. The van der Waals surface area contributed by atoms with Crippen molar-refractivity contribution >= 4 is 29.0 Å². The number of amides is 1. The molecule has 0 radical (unpaired) electrons. The minimum Gasteiger partial charge on any atom is -0.368 e. The van der Waals surface area contributed by atoms with Gasteiger partial charge in [-0.25, -0.2) is 4.39 Å². The lowest BCUT2D eigenvalue weighted by molar-refractivity contribution is -0.127. The van der Waals surface area contributed by atoms with E-state index in [0.717, 1.165) is 22.3 Å². The topological polar surface area (TPSA) is 83.2 Å². The van der Waals surface area contributed by atoms with Gasteiger partial charge in [0.25, 0.3) is 5.91 Å². The van der Waals surface area contributed by atoms with E-state index in [1.165, 1.54) is 18.3 Å². The smallest absolute Gasteiger partial charge is 0.266 e. The Morgan fingerprint density at radius 3 is 2.28 bits per heavy atom. The van der Waals surface area contributed by atoms with Crippen molar-refractivity contribution in [1.29, 1.82) is 10.5 Å². The minimum absolute atomic E-state index is 0.0238. The molecule has 1 aliphatic rings. The molecule has 1 amide bonds. The van der Waals surface area contributed by atoms with Gasteiger partial charge in [0.1, 0.15) is 22.9 Å². The fourth-order valence-electron chi connectivity index (χ4n) is 2.96. The van der Waals surface area contributed by atoms with Gasteiger partial charge in [0.2, 0.25) is 0 Å². The summed E-state index contributed by atoms with van der Waals surface area (Å²) in [5, 5.41) is 23.0. The molecule has 2 aromatic rings. The van der Waals surface area contributed by atoms with E-state index in [1.54, 1.807) is 41.3 Å². The highest BCUT2D eigenvalue weighted by Gasteiger charge is 2.23. The summed E-state index contributed by atoms with van der Waals surface area (Å²) >= 11 is 1.06. The van der Waals surface area contributed by atoms with Crippen LogP contribution in [0.5, 0.6) is 0 Å². The molecular weight excluding hydrogens is 389 g/mol. The number of halogens is 1. The molecule has 1 heterocycles. The van der Waals surface area contributed by atoms with E-state index in [4.69, 9.17) is 5.26 Å². The van der Waals surface area contributed by atoms with Crippen LogP contribution in [-0.4, -0.2) is 37.0 Å². The molecule has 1 N–H and O–H groups in total. The Morgan fingerprint density at radius 1 is 1.03 bits per heavy atom. The maximum atomic E-state index is 13.1. The molecule has 3 rings (SSSR count). The number of rotatable bonds is 5. The van der Waals surface area contributed by atoms with Crippen LogP contribution in [0.4, 0.5) is 15.8 Å². The van der Waals surface area contributed by atoms with Gasteiger partial charge in [-0.05, 0) is 60.3 Å². The molecule has 0 aromatic heterocycles. The van der Waals surface area contributed by atoms with Crippen molar-refractivity contribution in [1.82, 2.24) is 4.90 Å². The highest BCUT2D eigenvalue weighted by atomic mass is 32.2. The van der Waals surface area contributed by atoms with Crippen LogP contribution in [0.2, 0.25) is 0 Å². The fraction of sp³-hybridized carbons (Fsp3) is 0.190. The fourth-order valence-corrected chi connectivity index (χ4v) is 3.34. The van der Waals surface area contributed by atoms with E-state index in [0.29, 0.717) is 31.9 Å². The molecule has 1 aliphatic heterocycles. The van der Waals surface area contributed by atoms with Crippen molar-refractivity contribution in [2.45, 2.75) is 4.90 Å². The van der Waals surface area contributed by atoms with Gasteiger partial charge >= 0.3 is 0 Å². The average Bonchev–Trinajstić information content (AvgIpc) is 2.76. The van der Waals surface area contributed by atoms with E-state index in [9.17, 15) is 14.4 Å². The van der Waals surface area contributed by atoms with Crippen LogP contribution >= 0.6 is 11.8 Å². The molecule has 0 unspecified atom stereocenters. The molecule has 0 atom stereocenters. The van der Waals surface area contributed by atoms with Crippen LogP contribution in [0.3, 0.4) is 0 Å². The summed E-state index contributed by atoms with van der Waals surface area (Å²) in [7, 11) is 0. The second-order valence-corrected chi connectivity index (χ2v) is 7.15. The van der Waals surface area contributed by atoms with Crippen molar-refractivity contribution in [3.8, 4) is 11.5 Å². The summed E-state index contributed by atoms with van der Waals surface area (Å²) in [6.45, 7) is 2.19. The Bertz CT molecular complexity index is 968. The third-order valence-corrected chi connectivity index (χ3v) is 5.11. The Hall–Kier alpha value is -3.49. The lowest BCUT2D eigenvalue weighted by Gasteiger charge is -2.36. The highest BCUT2D eigenvalue weighted by Crippen LogP contribution is 2.20. The van der Waals surface area contributed by atoms with Crippen LogP contribution in [0.1, 0.15) is 0 Å². The van der Waals surface area contributed by atoms with Gasteiger partial charge in [0, 0.05) is 48.6 Å². The molecular formula is C21H18FN5OS. The summed E-state index contributed by atoms with van der Waals surface area (Å²) in [5.41, 5.74) is 1.65. The minimum atomic E-state index is -0.324. The number of anilines is 2. The van der Waals surface area contributed by atoms with Crippen LogP contribution < -0.4 is 10.2 Å². The normalized spacial score (nSPS) is 14.1. The Morgan fingerprint density at radius 2 is 1.69 bits per heavy atom. The largest absolute Gasteiger partial charge is 0.368 e. The lowest BCUT2D eigenvalue weighted by Crippen LogP contribution is -2.49. The second-order valence-electron chi connectivity index (χ2n) is 6.29. The van der Waals surface area contributed by atoms with E-state index in [-0.39, 0.29) is 17.3 Å². The number of hydrogen-bond donors (Lipinski definition) is 1. The Balaban J connectivity index is 1.58. The first kappa shape index (κ1) is 20.2. The van der Waals surface area contributed by atoms with Gasteiger partial charge in [0.15, 0.2) is 0 Å². The number of thiocyanates is 1. The van der Waals surface area contributed by atoms with Crippen LogP contribution in [0.25, 0.3) is 0 Å². The maximum absolute atomic E-state index is 13.1. The van der Waals surface area contributed by atoms with Gasteiger partial charge in [0.05, 0.1) is 0 Å².